The van der Waals surface area contributed by atoms with Gasteiger partial charge in [-0.2, -0.15) is 0 Å². The van der Waals surface area contributed by atoms with Gasteiger partial charge in [-0.1, -0.05) is 36.4 Å². The van der Waals surface area contributed by atoms with E-state index in [9.17, 15) is 4.79 Å². The Morgan fingerprint density at radius 3 is 2.27 bits per heavy atom. The van der Waals surface area contributed by atoms with E-state index in [1.165, 1.54) is 5.56 Å². The van der Waals surface area contributed by atoms with E-state index in [2.05, 4.69) is 18.7 Å². The zero-order chi connectivity index (χ0) is 16.5. The van der Waals surface area contributed by atoms with Crippen molar-refractivity contribution in [2.45, 2.75) is 65.1 Å². The summed E-state index contributed by atoms with van der Waals surface area (Å²) in [4.78, 5) is 14.2. The molecule has 122 valence electrons. The highest BCUT2D eigenvalue weighted by Crippen LogP contribution is 2.15. The normalized spacial score (nSPS) is 12.3. The molecule has 0 aliphatic rings. The van der Waals surface area contributed by atoms with Crippen molar-refractivity contribution in [1.29, 1.82) is 0 Å². The summed E-state index contributed by atoms with van der Waals surface area (Å²) in [6.45, 7) is 11.8. The number of benzene rings is 1. The summed E-state index contributed by atoms with van der Waals surface area (Å²) in [5.74, 6) is 0. The van der Waals surface area contributed by atoms with E-state index in [0.29, 0.717) is 6.42 Å². The van der Waals surface area contributed by atoms with Gasteiger partial charge in [-0.15, -0.1) is 6.58 Å². The Balaban J connectivity index is 2.62. The van der Waals surface area contributed by atoms with Gasteiger partial charge in [0.25, 0.3) is 0 Å². The largest absolute Gasteiger partial charge is 0.446 e. The Bertz CT molecular complexity index is 446. The molecule has 0 unspecified atom stereocenters. The molecule has 0 N–H and O–H groups in total. The van der Waals surface area contributed by atoms with Crippen molar-refractivity contribution in [2.75, 3.05) is 0 Å². The number of hydrogen-bond donors (Lipinski definition) is 0. The molecule has 0 aliphatic carbocycles. The molecule has 1 rings (SSSR count). The second-order valence-electron chi connectivity index (χ2n) is 6.15. The second-order valence-corrected chi connectivity index (χ2v) is 6.15. The standard InChI is InChI=1S/C19H29NO2/c1-6-10-18(14-13-17-11-8-7-9-12-17)22-19(21)20(15(2)3)16(4)5/h6-9,11-12,15-16,18H,1,10,13-14H2,2-5H3/t18-/m0/s1. The Kier molecular flexibility index (Phi) is 7.72. The van der Waals surface area contributed by atoms with E-state index >= 15 is 0 Å². The van der Waals surface area contributed by atoms with E-state index in [1.807, 2.05) is 52.0 Å². The van der Waals surface area contributed by atoms with E-state index < -0.39 is 0 Å². The van der Waals surface area contributed by atoms with Gasteiger partial charge in [0.2, 0.25) is 0 Å². The van der Waals surface area contributed by atoms with Gasteiger partial charge in [-0.05, 0) is 46.1 Å². The first-order valence-corrected chi connectivity index (χ1v) is 8.09. The molecule has 0 fully saturated rings. The Labute approximate surface area is 135 Å². The lowest BCUT2D eigenvalue weighted by atomic mass is 10.1. The SMILES string of the molecule is C=CC[C@@H](CCc1ccccc1)OC(=O)N(C(C)C)C(C)C. The molecular formula is C19H29NO2. The number of carbonyl (C=O) groups excluding carboxylic acids is 1. The summed E-state index contributed by atoms with van der Waals surface area (Å²) < 4.78 is 5.71. The number of amides is 1. The van der Waals surface area contributed by atoms with Crippen LogP contribution >= 0.6 is 0 Å². The third-order valence-corrected chi connectivity index (χ3v) is 3.62. The first-order chi connectivity index (χ1) is 10.5. The van der Waals surface area contributed by atoms with Crippen molar-refractivity contribution in [2.24, 2.45) is 0 Å². The highest BCUT2D eigenvalue weighted by atomic mass is 16.6. The molecule has 0 radical (unpaired) electrons. The number of nitrogens with zero attached hydrogens (tertiary/aromatic N) is 1. The number of ether oxygens (including phenoxy) is 1. The first-order valence-electron chi connectivity index (χ1n) is 8.09. The monoisotopic (exact) mass is 303 g/mol. The maximum Gasteiger partial charge on any atom is 0.410 e. The third kappa shape index (κ3) is 5.92. The Hall–Kier alpha value is -1.77. The van der Waals surface area contributed by atoms with Gasteiger partial charge < -0.3 is 9.64 Å². The van der Waals surface area contributed by atoms with Gasteiger partial charge in [0.05, 0.1) is 0 Å². The summed E-state index contributed by atoms with van der Waals surface area (Å²) in [6, 6.07) is 10.5. The highest BCUT2D eigenvalue weighted by molar-refractivity contribution is 5.68. The van der Waals surface area contributed by atoms with E-state index in [-0.39, 0.29) is 24.3 Å². The van der Waals surface area contributed by atoms with Crippen LogP contribution in [0.25, 0.3) is 0 Å². The molecule has 0 aliphatic heterocycles. The molecule has 0 saturated carbocycles. The van der Waals surface area contributed by atoms with Crippen LogP contribution in [0.15, 0.2) is 43.0 Å². The van der Waals surface area contributed by atoms with Crippen LogP contribution in [0.5, 0.6) is 0 Å². The van der Waals surface area contributed by atoms with Crippen molar-refractivity contribution >= 4 is 6.09 Å². The smallest absolute Gasteiger partial charge is 0.410 e. The summed E-state index contributed by atoms with van der Waals surface area (Å²) in [5.41, 5.74) is 1.26. The van der Waals surface area contributed by atoms with Crippen molar-refractivity contribution in [3.8, 4) is 0 Å². The minimum absolute atomic E-state index is 0.120. The molecule has 1 amide bonds. The van der Waals surface area contributed by atoms with Crippen LogP contribution in [0.3, 0.4) is 0 Å². The van der Waals surface area contributed by atoms with Crippen LogP contribution in [-0.2, 0) is 11.2 Å². The maximum absolute atomic E-state index is 12.4. The van der Waals surface area contributed by atoms with Crippen LogP contribution in [0.2, 0.25) is 0 Å². The van der Waals surface area contributed by atoms with Gasteiger partial charge in [-0.25, -0.2) is 4.79 Å². The summed E-state index contributed by atoms with van der Waals surface area (Å²) in [6.07, 6.45) is 3.86. The first kappa shape index (κ1) is 18.3. The molecule has 0 bridgehead atoms. The van der Waals surface area contributed by atoms with Crippen molar-refractivity contribution in [1.82, 2.24) is 4.90 Å². The van der Waals surface area contributed by atoms with Crippen LogP contribution in [0.1, 0.15) is 46.1 Å². The Morgan fingerprint density at radius 2 is 1.77 bits per heavy atom. The zero-order valence-corrected chi connectivity index (χ0v) is 14.3. The molecule has 0 spiro atoms. The molecule has 1 aromatic carbocycles. The molecule has 1 aromatic rings. The second kappa shape index (κ2) is 9.29. The maximum atomic E-state index is 12.4. The van der Waals surface area contributed by atoms with E-state index in [0.717, 1.165) is 12.8 Å². The molecular weight excluding hydrogens is 274 g/mol. The summed E-state index contributed by atoms with van der Waals surface area (Å²) >= 11 is 0. The lowest BCUT2D eigenvalue weighted by Gasteiger charge is -2.31. The molecule has 0 heterocycles. The molecule has 3 heteroatoms. The van der Waals surface area contributed by atoms with E-state index in [4.69, 9.17) is 4.74 Å². The fraction of sp³-hybridized carbons (Fsp3) is 0.526. The molecule has 3 nitrogen and oxygen atoms in total. The minimum atomic E-state index is -0.232. The van der Waals surface area contributed by atoms with Gasteiger partial charge in [0.15, 0.2) is 0 Å². The summed E-state index contributed by atoms with van der Waals surface area (Å²) in [7, 11) is 0. The Morgan fingerprint density at radius 1 is 1.18 bits per heavy atom. The van der Waals surface area contributed by atoms with Gasteiger partial charge in [0, 0.05) is 18.5 Å². The number of aryl methyl sites for hydroxylation is 1. The topological polar surface area (TPSA) is 29.5 Å². The minimum Gasteiger partial charge on any atom is -0.446 e. The average molecular weight is 303 g/mol. The average Bonchev–Trinajstić information content (AvgIpc) is 2.45. The zero-order valence-electron chi connectivity index (χ0n) is 14.3. The predicted octanol–water partition coefficient (Wildman–Crippen LogP) is 4.82. The van der Waals surface area contributed by atoms with E-state index in [1.54, 1.807) is 4.90 Å². The number of hydrogen-bond acceptors (Lipinski definition) is 2. The molecule has 0 aromatic heterocycles. The number of carbonyl (C=O) groups is 1. The summed E-state index contributed by atoms with van der Waals surface area (Å²) in [5, 5.41) is 0. The van der Waals surface area contributed by atoms with Crippen molar-refractivity contribution in [3.63, 3.8) is 0 Å². The quantitative estimate of drug-likeness (QED) is 0.644. The van der Waals surface area contributed by atoms with Crippen molar-refractivity contribution in [3.05, 3.63) is 48.6 Å². The number of rotatable bonds is 8. The van der Waals surface area contributed by atoms with Gasteiger partial charge >= 0.3 is 6.09 Å². The molecule has 0 saturated heterocycles. The van der Waals surface area contributed by atoms with Crippen LogP contribution < -0.4 is 0 Å². The third-order valence-electron chi connectivity index (χ3n) is 3.62. The highest BCUT2D eigenvalue weighted by Gasteiger charge is 2.24. The molecule has 22 heavy (non-hydrogen) atoms. The predicted molar refractivity (Wildman–Crippen MR) is 92.0 cm³/mol. The molecule has 1 atom stereocenters. The fourth-order valence-corrected chi connectivity index (χ4v) is 2.60. The lowest BCUT2D eigenvalue weighted by molar-refractivity contribution is 0.0433. The van der Waals surface area contributed by atoms with Crippen molar-refractivity contribution < 1.29 is 9.53 Å². The fourth-order valence-electron chi connectivity index (χ4n) is 2.60. The van der Waals surface area contributed by atoms with Gasteiger partial charge in [0.1, 0.15) is 6.10 Å². The van der Waals surface area contributed by atoms with Crippen LogP contribution in [-0.4, -0.2) is 29.2 Å². The van der Waals surface area contributed by atoms with Gasteiger partial charge in [-0.3, -0.25) is 0 Å². The van der Waals surface area contributed by atoms with Crippen LogP contribution in [0, 0.1) is 0 Å². The lowest BCUT2D eigenvalue weighted by Crippen LogP contribution is -2.43. The van der Waals surface area contributed by atoms with Crippen LogP contribution in [0.4, 0.5) is 4.79 Å².